The lowest BCUT2D eigenvalue weighted by Gasteiger charge is -2.01. The Hall–Kier alpha value is -1.85. The predicted molar refractivity (Wildman–Crippen MR) is 78.4 cm³/mol. The van der Waals surface area contributed by atoms with Crippen molar-refractivity contribution in [2.75, 3.05) is 0 Å². The first-order chi connectivity index (χ1) is 9.24. The zero-order valence-electron chi connectivity index (χ0n) is 10.6. The number of thiazole rings is 1. The highest BCUT2D eigenvalue weighted by molar-refractivity contribution is 7.07. The Kier molecular flexibility index (Phi) is 3.23. The molecule has 0 aliphatic heterocycles. The Bertz CT molecular complexity index is 753. The Morgan fingerprint density at radius 3 is 2.95 bits per heavy atom. The summed E-state index contributed by atoms with van der Waals surface area (Å²) in [5.74, 6) is 0. The van der Waals surface area contributed by atoms with E-state index in [0.29, 0.717) is 6.54 Å². The highest BCUT2D eigenvalue weighted by Gasteiger charge is 2.05. The van der Waals surface area contributed by atoms with Crippen LogP contribution in [0, 0.1) is 0 Å². The molecule has 0 bridgehead atoms. The number of hydrogen-bond acceptors (Lipinski definition) is 3. The number of aryl methyl sites for hydroxylation is 1. The van der Waals surface area contributed by atoms with Gasteiger partial charge in [0.15, 0.2) is 0 Å². The van der Waals surface area contributed by atoms with Crippen molar-refractivity contribution >= 4 is 22.2 Å². The summed E-state index contributed by atoms with van der Waals surface area (Å²) in [6.07, 6.45) is 2.15. The van der Waals surface area contributed by atoms with E-state index in [1.807, 2.05) is 5.38 Å². The van der Waals surface area contributed by atoms with Crippen LogP contribution >= 0.6 is 11.3 Å². The number of nitrogens with one attached hydrogen (secondary N) is 2. The molecule has 0 fully saturated rings. The summed E-state index contributed by atoms with van der Waals surface area (Å²) in [6.45, 7) is 1.47. The first-order valence-corrected chi connectivity index (χ1v) is 7.02. The topological polar surface area (TPSA) is 49.8 Å². The third-order valence-corrected chi connectivity index (χ3v) is 3.90. The SMILES string of the molecule is Cn1cc(CNCc2csc(=O)[nH]2)c2ccccc21. The molecule has 0 spiro atoms. The van der Waals surface area contributed by atoms with Crippen molar-refractivity contribution in [1.82, 2.24) is 14.9 Å². The number of H-pyrrole nitrogens is 1. The summed E-state index contributed by atoms with van der Waals surface area (Å²) in [5, 5.41) is 6.49. The zero-order valence-corrected chi connectivity index (χ0v) is 11.5. The van der Waals surface area contributed by atoms with Gasteiger partial charge in [0.05, 0.1) is 0 Å². The van der Waals surface area contributed by atoms with E-state index in [-0.39, 0.29) is 4.87 Å². The van der Waals surface area contributed by atoms with E-state index in [4.69, 9.17) is 0 Å². The minimum absolute atomic E-state index is 0.00182. The standard InChI is InChI=1S/C14H15N3OS/c1-17-8-10(12-4-2-3-5-13(12)17)6-15-7-11-9-19-14(18)16-11/h2-5,8-9,15H,6-7H2,1H3,(H,16,18). The molecule has 0 aliphatic carbocycles. The molecule has 98 valence electrons. The number of fused-ring (bicyclic) bond motifs is 1. The summed E-state index contributed by atoms with van der Waals surface area (Å²) in [7, 11) is 2.06. The first kappa shape index (κ1) is 12.2. The molecular formula is C14H15N3OS. The lowest BCUT2D eigenvalue weighted by atomic mass is 10.2. The molecular weight excluding hydrogens is 258 g/mol. The summed E-state index contributed by atoms with van der Waals surface area (Å²) < 4.78 is 2.14. The fourth-order valence-electron chi connectivity index (χ4n) is 2.30. The van der Waals surface area contributed by atoms with Crippen LogP contribution in [0.15, 0.2) is 40.6 Å². The molecule has 0 aliphatic rings. The third-order valence-electron chi connectivity index (χ3n) is 3.18. The maximum atomic E-state index is 11.0. The van der Waals surface area contributed by atoms with E-state index >= 15 is 0 Å². The van der Waals surface area contributed by atoms with Crippen molar-refractivity contribution < 1.29 is 0 Å². The normalized spacial score (nSPS) is 11.2. The maximum absolute atomic E-state index is 11.0. The quantitative estimate of drug-likeness (QED) is 0.766. The van der Waals surface area contributed by atoms with Crippen LogP contribution in [0.3, 0.4) is 0 Å². The number of para-hydroxylation sites is 1. The number of nitrogens with zero attached hydrogens (tertiary/aromatic N) is 1. The third kappa shape index (κ3) is 2.47. The Balaban J connectivity index is 1.73. The summed E-state index contributed by atoms with van der Waals surface area (Å²) in [6, 6.07) is 8.37. The predicted octanol–water partition coefficient (Wildman–Crippen LogP) is 2.22. The van der Waals surface area contributed by atoms with E-state index in [9.17, 15) is 4.79 Å². The smallest absolute Gasteiger partial charge is 0.304 e. The number of rotatable bonds is 4. The summed E-state index contributed by atoms with van der Waals surface area (Å²) in [5.41, 5.74) is 3.45. The van der Waals surface area contributed by atoms with Crippen molar-refractivity contribution in [3.63, 3.8) is 0 Å². The highest BCUT2D eigenvalue weighted by Crippen LogP contribution is 2.19. The van der Waals surface area contributed by atoms with Crippen molar-refractivity contribution in [3.05, 3.63) is 56.8 Å². The molecule has 0 saturated heterocycles. The maximum Gasteiger partial charge on any atom is 0.304 e. The summed E-state index contributed by atoms with van der Waals surface area (Å²) in [4.78, 5) is 13.8. The minimum atomic E-state index is 0.00182. The molecule has 19 heavy (non-hydrogen) atoms. The molecule has 5 heteroatoms. The Labute approximate surface area is 114 Å². The van der Waals surface area contributed by atoms with Gasteiger partial charge >= 0.3 is 4.87 Å². The van der Waals surface area contributed by atoms with Crippen LogP contribution in [-0.2, 0) is 20.1 Å². The second-order valence-corrected chi connectivity index (χ2v) is 5.40. The van der Waals surface area contributed by atoms with E-state index in [1.165, 1.54) is 27.8 Å². The molecule has 3 rings (SSSR count). The molecule has 2 N–H and O–H groups in total. The zero-order chi connectivity index (χ0) is 13.2. The van der Waals surface area contributed by atoms with Gasteiger partial charge in [-0.05, 0) is 11.6 Å². The average molecular weight is 273 g/mol. The number of benzene rings is 1. The fraction of sp³-hybridized carbons (Fsp3) is 0.214. The molecule has 0 unspecified atom stereocenters. The van der Waals surface area contributed by atoms with Crippen LogP contribution in [0.1, 0.15) is 11.3 Å². The highest BCUT2D eigenvalue weighted by atomic mass is 32.1. The second-order valence-electron chi connectivity index (χ2n) is 4.56. The number of aromatic nitrogens is 2. The molecule has 0 atom stereocenters. The van der Waals surface area contributed by atoms with Gasteiger partial charge < -0.3 is 14.9 Å². The molecule has 2 heterocycles. The van der Waals surface area contributed by atoms with Gasteiger partial charge in [0.2, 0.25) is 0 Å². The summed E-state index contributed by atoms with van der Waals surface area (Å²) >= 11 is 1.20. The molecule has 0 saturated carbocycles. The minimum Gasteiger partial charge on any atom is -0.350 e. The second kappa shape index (κ2) is 5.03. The first-order valence-electron chi connectivity index (χ1n) is 6.14. The van der Waals surface area contributed by atoms with Crippen molar-refractivity contribution in [2.45, 2.75) is 13.1 Å². The lowest BCUT2D eigenvalue weighted by molar-refractivity contribution is 0.683. The van der Waals surface area contributed by atoms with Crippen LogP contribution in [0.5, 0.6) is 0 Å². The Morgan fingerprint density at radius 1 is 1.32 bits per heavy atom. The molecule has 2 aromatic heterocycles. The van der Waals surface area contributed by atoms with Gasteiger partial charge in [-0.3, -0.25) is 4.79 Å². The van der Waals surface area contributed by atoms with Crippen LogP contribution in [-0.4, -0.2) is 9.55 Å². The van der Waals surface area contributed by atoms with Gasteiger partial charge in [0.25, 0.3) is 0 Å². The Morgan fingerprint density at radius 2 is 2.16 bits per heavy atom. The largest absolute Gasteiger partial charge is 0.350 e. The van der Waals surface area contributed by atoms with E-state index in [2.05, 4.69) is 52.4 Å². The van der Waals surface area contributed by atoms with Crippen LogP contribution in [0.4, 0.5) is 0 Å². The number of hydrogen-bond donors (Lipinski definition) is 2. The molecule has 3 aromatic rings. The van der Waals surface area contributed by atoms with Crippen molar-refractivity contribution in [3.8, 4) is 0 Å². The van der Waals surface area contributed by atoms with Gasteiger partial charge in [-0.1, -0.05) is 29.5 Å². The van der Waals surface area contributed by atoms with Gasteiger partial charge in [0, 0.05) is 48.3 Å². The van der Waals surface area contributed by atoms with Crippen LogP contribution in [0.2, 0.25) is 0 Å². The molecule has 1 aromatic carbocycles. The van der Waals surface area contributed by atoms with Crippen LogP contribution in [0.25, 0.3) is 10.9 Å². The van der Waals surface area contributed by atoms with Gasteiger partial charge in [0.1, 0.15) is 0 Å². The molecule has 0 amide bonds. The van der Waals surface area contributed by atoms with E-state index in [0.717, 1.165) is 12.2 Å². The van der Waals surface area contributed by atoms with Gasteiger partial charge in [-0.15, -0.1) is 0 Å². The van der Waals surface area contributed by atoms with Crippen molar-refractivity contribution in [1.29, 1.82) is 0 Å². The molecule has 0 radical (unpaired) electrons. The fourth-order valence-corrected chi connectivity index (χ4v) is 2.88. The monoisotopic (exact) mass is 273 g/mol. The van der Waals surface area contributed by atoms with E-state index < -0.39 is 0 Å². The number of aromatic amines is 1. The van der Waals surface area contributed by atoms with Crippen molar-refractivity contribution in [2.24, 2.45) is 7.05 Å². The van der Waals surface area contributed by atoms with E-state index in [1.54, 1.807) is 0 Å². The average Bonchev–Trinajstić information content (AvgIpc) is 2.96. The van der Waals surface area contributed by atoms with Gasteiger partial charge in [-0.2, -0.15) is 0 Å². The lowest BCUT2D eigenvalue weighted by Crippen LogP contribution is -2.13. The van der Waals surface area contributed by atoms with Crippen LogP contribution < -0.4 is 10.2 Å². The van der Waals surface area contributed by atoms with Gasteiger partial charge in [-0.25, -0.2) is 0 Å². The molecule has 4 nitrogen and oxygen atoms in total.